The lowest BCUT2D eigenvalue weighted by Gasteiger charge is -1.96. The van der Waals surface area contributed by atoms with E-state index in [1.54, 1.807) is 12.3 Å². The van der Waals surface area contributed by atoms with E-state index in [2.05, 4.69) is 17.6 Å². The summed E-state index contributed by atoms with van der Waals surface area (Å²) in [4.78, 5) is 4.63. The molecule has 1 aromatic rings. The fraction of sp³-hybridized carbons (Fsp3) is 0.143. The van der Waals surface area contributed by atoms with Gasteiger partial charge in [0, 0.05) is 11.1 Å². The molecule has 0 amide bonds. The van der Waals surface area contributed by atoms with E-state index in [1.807, 2.05) is 13.0 Å². The Morgan fingerprint density at radius 3 is 2.90 bits per heavy atom. The van der Waals surface area contributed by atoms with Crippen molar-refractivity contribution >= 4 is 12.6 Å². The van der Waals surface area contributed by atoms with E-state index in [0.717, 1.165) is 5.69 Å². The Bertz CT molecular complexity index is 288. The fourth-order valence-corrected chi connectivity index (χ4v) is 0.831. The average molecular weight is 150 g/mol. The van der Waals surface area contributed by atoms with Crippen molar-refractivity contribution in [2.75, 3.05) is 0 Å². The monoisotopic (exact) mass is 150 g/mol. The molecular weight excluding hydrogens is 144 g/mol. The van der Waals surface area contributed by atoms with Crippen LogP contribution in [0.2, 0.25) is 0 Å². The smallest absolute Gasteiger partial charge is 0.100 e. The summed E-state index contributed by atoms with van der Waals surface area (Å²) in [5.41, 5.74) is 1.37. The average Bonchev–Trinajstić information content (AvgIpc) is 1.95. The summed E-state index contributed by atoms with van der Waals surface area (Å²) >= 11 is 4.11. The predicted molar refractivity (Wildman–Crippen MR) is 40.9 cm³/mol. The number of aryl methyl sites for hydroxylation is 1. The Hall–Kier alpha value is -1.01. The molecule has 1 rings (SSSR count). The van der Waals surface area contributed by atoms with Gasteiger partial charge in [0.2, 0.25) is 0 Å². The van der Waals surface area contributed by atoms with Gasteiger partial charge in [-0.05, 0) is 13.0 Å². The second-order valence-electron chi connectivity index (χ2n) is 1.90. The molecule has 0 fully saturated rings. The van der Waals surface area contributed by atoms with E-state index in [9.17, 15) is 0 Å². The molecule has 0 aliphatic rings. The van der Waals surface area contributed by atoms with Crippen LogP contribution < -0.4 is 0 Å². The minimum absolute atomic E-state index is 0.579. The van der Waals surface area contributed by atoms with Crippen molar-refractivity contribution in [1.29, 1.82) is 5.26 Å². The van der Waals surface area contributed by atoms with Crippen molar-refractivity contribution in [3.63, 3.8) is 0 Å². The summed E-state index contributed by atoms with van der Waals surface area (Å²) in [7, 11) is 0. The van der Waals surface area contributed by atoms with E-state index in [-0.39, 0.29) is 0 Å². The Morgan fingerprint density at radius 1 is 1.70 bits per heavy atom. The summed E-state index contributed by atoms with van der Waals surface area (Å²) in [6, 6.07) is 3.67. The molecule has 3 heteroatoms. The van der Waals surface area contributed by atoms with Crippen LogP contribution in [-0.4, -0.2) is 4.98 Å². The van der Waals surface area contributed by atoms with Crippen LogP contribution in [0.1, 0.15) is 11.3 Å². The minimum Gasteiger partial charge on any atom is -0.260 e. The van der Waals surface area contributed by atoms with Crippen LogP contribution in [0.4, 0.5) is 0 Å². The van der Waals surface area contributed by atoms with E-state index in [1.165, 1.54) is 0 Å². The molecule has 1 heterocycles. The lowest BCUT2D eigenvalue weighted by molar-refractivity contribution is 1.10. The number of hydrogen-bond donors (Lipinski definition) is 1. The number of rotatable bonds is 0. The Morgan fingerprint density at radius 2 is 2.40 bits per heavy atom. The Labute approximate surface area is 64.9 Å². The van der Waals surface area contributed by atoms with Gasteiger partial charge in [0.25, 0.3) is 0 Å². The zero-order chi connectivity index (χ0) is 7.56. The van der Waals surface area contributed by atoms with E-state index in [0.29, 0.717) is 10.5 Å². The SMILES string of the molecule is Cc1nccc(C#N)c1S. The largest absolute Gasteiger partial charge is 0.260 e. The van der Waals surface area contributed by atoms with Crippen molar-refractivity contribution in [1.82, 2.24) is 4.98 Å². The number of nitriles is 1. The van der Waals surface area contributed by atoms with Crippen LogP contribution in [0.25, 0.3) is 0 Å². The third-order valence-corrected chi connectivity index (χ3v) is 1.79. The van der Waals surface area contributed by atoms with E-state index >= 15 is 0 Å². The molecule has 0 aliphatic carbocycles. The number of hydrogen-bond acceptors (Lipinski definition) is 3. The highest BCUT2D eigenvalue weighted by atomic mass is 32.1. The zero-order valence-corrected chi connectivity index (χ0v) is 6.39. The molecule has 50 valence electrons. The lowest BCUT2D eigenvalue weighted by atomic mass is 10.2. The van der Waals surface area contributed by atoms with Crippen LogP contribution >= 0.6 is 12.6 Å². The first-order valence-corrected chi connectivity index (χ1v) is 3.25. The number of pyridine rings is 1. The van der Waals surface area contributed by atoms with Gasteiger partial charge in [-0.25, -0.2) is 0 Å². The van der Waals surface area contributed by atoms with Gasteiger partial charge in [-0.1, -0.05) is 0 Å². The number of nitrogens with zero attached hydrogens (tertiary/aromatic N) is 2. The van der Waals surface area contributed by atoms with Crippen molar-refractivity contribution in [2.24, 2.45) is 0 Å². The standard InChI is InChI=1S/C7H6N2S/c1-5-7(10)6(4-8)2-3-9-5/h2-3,10H,1H3. The highest BCUT2D eigenvalue weighted by Gasteiger charge is 1.99. The van der Waals surface area contributed by atoms with Gasteiger partial charge in [-0.2, -0.15) is 5.26 Å². The molecule has 2 nitrogen and oxygen atoms in total. The second-order valence-corrected chi connectivity index (χ2v) is 2.35. The third kappa shape index (κ3) is 1.12. The summed E-state index contributed by atoms with van der Waals surface area (Å²) in [5.74, 6) is 0. The van der Waals surface area contributed by atoms with Crippen LogP contribution in [0, 0.1) is 18.3 Å². The molecular formula is C7H6N2S. The van der Waals surface area contributed by atoms with Crippen LogP contribution in [0.5, 0.6) is 0 Å². The topological polar surface area (TPSA) is 36.7 Å². The van der Waals surface area contributed by atoms with Gasteiger partial charge in [0.1, 0.15) is 6.07 Å². The molecule has 0 spiro atoms. The third-order valence-electron chi connectivity index (χ3n) is 1.23. The van der Waals surface area contributed by atoms with Crippen molar-refractivity contribution in [2.45, 2.75) is 11.8 Å². The molecule has 0 radical (unpaired) electrons. The summed E-state index contributed by atoms with van der Waals surface area (Å²) < 4.78 is 0. The maximum absolute atomic E-state index is 8.52. The first kappa shape index (κ1) is 7.10. The van der Waals surface area contributed by atoms with E-state index < -0.39 is 0 Å². The van der Waals surface area contributed by atoms with Gasteiger partial charge in [-0.15, -0.1) is 12.6 Å². The van der Waals surface area contributed by atoms with Crippen molar-refractivity contribution < 1.29 is 0 Å². The molecule has 0 atom stereocenters. The highest BCUT2D eigenvalue weighted by Crippen LogP contribution is 2.14. The molecule has 0 N–H and O–H groups in total. The molecule has 0 unspecified atom stereocenters. The van der Waals surface area contributed by atoms with Crippen LogP contribution in [0.15, 0.2) is 17.2 Å². The summed E-state index contributed by atoms with van der Waals surface area (Å²) in [6.07, 6.45) is 1.60. The maximum Gasteiger partial charge on any atom is 0.100 e. The van der Waals surface area contributed by atoms with Crippen LogP contribution in [-0.2, 0) is 0 Å². The van der Waals surface area contributed by atoms with Crippen molar-refractivity contribution in [3.05, 3.63) is 23.5 Å². The molecule has 0 saturated heterocycles. The molecule has 0 bridgehead atoms. The summed E-state index contributed by atoms with van der Waals surface area (Å²) in [6.45, 7) is 1.82. The fourth-order valence-electron chi connectivity index (χ4n) is 0.649. The molecule has 1 aromatic heterocycles. The second kappa shape index (κ2) is 2.72. The van der Waals surface area contributed by atoms with E-state index in [4.69, 9.17) is 5.26 Å². The van der Waals surface area contributed by atoms with Gasteiger partial charge >= 0.3 is 0 Å². The van der Waals surface area contributed by atoms with Crippen LogP contribution in [0.3, 0.4) is 0 Å². The van der Waals surface area contributed by atoms with Gasteiger partial charge in [0.05, 0.1) is 11.3 Å². The maximum atomic E-state index is 8.52. The van der Waals surface area contributed by atoms with Crippen molar-refractivity contribution in [3.8, 4) is 6.07 Å². The Balaban J connectivity index is 3.31. The molecule has 0 aromatic carbocycles. The zero-order valence-electron chi connectivity index (χ0n) is 5.50. The quantitative estimate of drug-likeness (QED) is 0.570. The molecule has 0 saturated carbocycles. The number of thiol groups is 1. The first-order valence-electron chi connectivity index (χ1n) is 2.80. The first-order chi connectivity index (χ1) is 4.75. The molecule has 0 aliphatic heterocycles. The normalized spacial score (nSPS) is 8.90. The van der Waals surface area contributed by atoms with Gasteiger partial charge in [-0.3, -0.25) is 4.98 Å². The minimum atomic E-state index is 0.579. The highest BCUT2D eigenvalue weighted by molar-refractivity contribution is 7.80. The van der Waals surface area contributed by atoms with Gasteiger partial charge in [0.15, 0.2) is 0 Å². The predicted octanol–water partition coefficient (Wildman–Crippen LogP) is 1.55. The van der Waals surface area contributed by atoms with Gasteiger partial charge < -0.3 is 0 Å². The summed E-state index contributed by atoms with van der Waals surface area (Å²) in [5, 5.41) is 8.52. The number of aromatic nitrogens is 1. The molecule has 10 heavy (non-hydrogen) atoms. The Kier molecular flexibility index (Phi) is 1.93. The lowest BCUT2D eigenvalue weighted by Crippen LogP contribution is -1.85.